The molecule has 0 aliphatic carbocycles. The molecule has 18 heavy (non-hydrogen) atoms. The minimum atomic E-state index is -0.878. The highest BCUT2D eigenvalue weighted by atomic mass is 16.6. The minimum Gasteiger partial charge on any atom is -0.481 e. The fourth-order valence-electron chi connectivity index (χ4n) is 1.71. The van der Waals surface area contributed by atoms with Crippen molar-refractivity contribution in [1.29, 1.82) is 0 Å². The summed E-state index contributed by atoms with van der Waals surface area (Å²) in [6.07, 6.45) is 0.0153. The molecule has 0 bridgehead atoms. The van der Waals surface area contributed by atoms with Crippen LogP contribution in [0.3, 0.4) is 0 Å². The number of carboxylic acid groups (broad SMARTS) is 1. The van der Waals surface area contributed by atoms with Gasteiger partial charge in [0.15, 0.2) is 0 Å². The number of carbonyl (C=O) groups is 1. The molecular formula is C12H16N2O4. The van der Waals surface area contributed by atoms with Crippen molar-refractivity contribution in [3.63, 3.8) is 0 Å². The molecule has 0 aliphatic heterocycles. The van der Waals surface area contributed by atoms with Crippen LogP contribution in [0.4, 0.5) is 5.69 Å². The van der Waals surface area contributed by atoms with Gasteiger partial charge in [-0.15, -0.1) is 0 Å². The molecular weight excluding hydrogens is 236 g/mol. The van der Waals surface area contributed by atoms with E-state index in [0.717, 1.165) is 0 Å². The van der Waals surface area contributed by atoms with E-state index in [-0.39, 0.29) is 18.2 Å². The first kappa shape index (κ1) is 14.1. The van der Waals surface area contributed by atoms with Crippen molar-refractivity contribution in [2.45, 2.75) is 19.4 Å². The largest absolute Gasteiger partial charge is 0.481 e. The molecule has 98 valence electrons. The Balaban J connectivity index is 2.86. The standard InChI is InChI=1S/C12H16N2O4/c1-9(13(2)8-7-12(15)16)10-5-3-4-6-11(10)14(17)18/h3-6,9H,7-8H2,1-2H3,(H,15,16). The third-order valence-corrected chi connectivity index (χ3v) is 2.92. The molecule has 0 heterocycles. The molecule has 1 rings (SSSR count). The summed E-state index contributed by atoms with van der Waals surface area (Å²) in [5, 5.41) is 19.5. The maximum absolute atomic E-state index is 10.9. The number of rotatable bonds is 6. The molecule has 0 radical (unpaired) electrons. The van der Waals surface area contributed by atoms with Gasteiger partial charge in [0.25, 0.3) is 5.69 Å². The average Bonchev–Trinajstić information content (AvgIpc) is 2.34. The minimum absolute atomic E-state index is 0.0153. The third kappa shape index (κ3) is 3.53. The highest BCUT2D eigenvalue weighted by Crippen LogP contribution is 2.27. The van der Waals surface area contributed by atoms with Gasteiger partial charge in [-0.3, -0.25) is 19.8 Å². The van der Waals surface area contributed by atoms with Gasteiger partial charge in [-0.25, -0.2) is 0 Å². The zero-order valence-electron chi connectivity index (χ0n) is 10.4. The summed E-state index contributed by atoms with van der Waals surface area (Å²) in [6, 6.07) is 6.30. The van der Waals surface area contributed by atoms with Gasteiger partial charge in [-0.2, -0.15) is 0 Å². The normalized spacial score (nSPS) is 12.4. The van der Waals surface area contributed by atoms with Crippen LogP contribution in [0, 0.1) is 10.1 Å². The van der Waals surface area contributed by atoms with E-state index in [2.05, 4.69) is 0 Å². The third-order valence-electron chi connectivity index (χ3n) is 2.92. The van der Waals surface area contributed by atoms with E-state index in [9.17, 15) is 14.9 Å². The fourth-order valence-corrected chi connectivity index (χ4v) is 1.71. The second-order valence-electron chi connectivity index (χ2n) is 4.12. The van der Waals surface area contributed by atoms with Crippen LogP contribution in [-0.4, -0.2) is 34.5 Å². The summed E-state index contributed by atoms with van der Waals surface area (Å²) in [6.45, 7) is 2.17. The molecule has 0 saturated heterocycles. The second kappa shape index (κ2) is 6.11. The Hall–Kier alpha value is -1.95. The lowest BCUT2D eigenvalue weighted by molar-refractivity contribution is -0.385. The number of nitro groups is 1. The molecule has 1 aromatic carbocycles. The summed E-state index contributed by atoms with van der Waals surface area (Å²) in [7, 11) is 1.75. The number of aliphatic carboxylic acids is 1. The fraction of sp³-hybridized carbons (Fsp3) is 0.417. The monoisotopic (exact) mass is 252 g/mol. The van der Waals surface area contributed by atoms with Crippen LogP contribution in [0.25, 0.3) is 0 Å². The maximum Gasteiger partial charge on any atom is 0.304 e. The Morgan fingerprint density at radius 2 is 2.11 bits per heavy atom. The number of carboxylic acids is 1. The number of hydrogen-bond acceptors (Lipinski definition) is 4. The van der Waals surface area contributed by atoms with Crippen LogP contribution in [-0.2, 0) is 4.79 Å². The predicted molar refractivity (Wildman–Crippen MR) is 66.4 cm³/mol. The Morgan fingerprint density at radius 3 is 2.67 bits per heavy atom. The van der Waals surface area contributed by atoms with E-state index in [0.29, 0.717) is 12.1 Å². The highest BCUT2D eigenvalue weighted by molar-refractivity contribution is 5.66. The molecule has 0 spiro atoms. The lowest BCUT2D eigenvalue weighted by atomic mass is 10.1. The lowest BCUT2D eigenvalue weighted by Crippen LogP contribution is -2.25. The first-order valence-corrected chi connectivity index (χ1v) is 5.59. The van der Waals surface area contributed by atoms with Gasteiger partial charge >= 0.3 is 5.97 Å². The van der Waals surface area contributed by atoms with Crippen molar-refractivity contribution in [2.75, 3.05) is 13.6 Å². The zero-order chi connectivity index (χ0) is 13.7. The van der Waals surface area contributed by atoms with Crippen LogP contribution in [0.1, 0.15) is 24.9 Å². The quantitative estimate of drug-likeness (QED) is 0.618. The first-order chi connectivity index (χ1) is 8.43. The van der Waals surface area contributed by atoms with Crippen molar-refractivity contribution in [3.8, 4) is 0 Å². The van der Waals surface area contributed by atoms with Gasteiger partial charge in [0, 0.05) is 24.2 Å². The van der Waals surface area contributed by atoms with E-state index in [4.69, 9.17) is 5.11 Å². The number of benzene rings is 1. The van der Waals surface area contributed by atoms with Gasteiger partial charge in [0.2, 0.25) is 0 Å². The summed E-state index contributed by atoms with van der Waals surface area (Å²) in [5.74, 6) is -0.878. The van der Waals surface area contributed by atoms with Crippen molar-refractivity contribution in [1.82, 2.24) is 4.90 Å². The molecule has 1 aromatic rings. The van der Waals surface area contributed by atoms with Crippen molar-refractivity contribution >= 4 is 11.7 Å². The summed E-state index contributed by atoms with van der Waals surface area (Å²) in [4.78, 5) is 22.8. The van der Waals surface area contributed by atoms with E-state index in [1.807, 2.05) is 6.92 Å². The van der Waals surface area contributed by atoms with Crippen LogP contribution >= 0.6 is 0 Å². The van der Waals surface area contributed by atoms with Gasteiger partial charge in [0.05, 0.1) is 11.3 Å². The van der Waals surface area contributed by atoms with E-state index in [1.54, 1.807) is 30.1 Å². The number of para-hydroxylation sites is 1. The smallest absolute Gasteiger partial charge is 0.304 e. The summed E-state index contributed by atoms with van der Waals surface area (Å²) >= 11 is 0. The SMILES string of the molecule is CC(c1ccccc1[N+](=O)[O-])N(C)CCC(=O)O. The molecule has 0 aliphatic rings. The van der Waals surface area contributed by atoms with Gasteiger partial charge in [0.1, 0.15) is 0 Å². The highest BCUT2D eigenvalue weighted by Gasteiger charge is 2.21. The van der Waals surface area contributed by atoms with E-state index >= 15 is 0 Å². The van der Waals surface area contributed by atoms with Crippen LogP contribution in [0.5, 0.6) is 0 Å². The number of nitro benzene ring substituents is 1. The Morgan fingerprint density at radius 1 is 1.50 bits per heavy atom. The Bertz CT molecular complexity index is 447. The maximum atomic E-state index is 10.9. The summed E-state index contributed by atoms with van der Waals surface area (Å²) < 4.78 is 0. The van der Waals surface area contributed by atoms with Crippen LogP contribution in [0.2, 0.25) is 0 Å². The van der Waals surface area contributed by atoms with E-state index in [1.165, 1.54) is 6.07 Å². The lowest BCUT2D eigenvalue weighted by Gasteiger charge is -2.24. The predicted octanol–water partition coefficient (Wildman–Crippen LogP) is 2.06. The average molecular weight is 252 g/mol. The molecule has 6 heteroatoms. The molecule has 1 atom stereocenters. The molecule has 0 saturated carbocycles. The molecule has 0 amide bonds. The summed E-state index contributed by atoms with van der Waals surface area (Å²) in [5.41, 5.74) is 0.655. The number of hydrogen-bond donors (Lipinski definition) is 1. The molecule has 6 nitrogen and oxygen atoms in total. The molecule has 0 aromatic heterocycles. The second-order valence-corrected chi connectivity index (χ2v) is 4.12. The van der Waals surface area contributed by atoms with Gasteiger partial charge in [-0.1, -0.05) is 18.2 Å². The van der Waals surface area contributed by atoms with Crippen molar-refractivity contribution in [3.05, 3.63) is 39.9 Å². The zero-order valence-corrected chi connectivity index (χ0v) is 10.4. The van der Waals surface area contributed by atoms with Crippen LogP contribution in [0.15, 0.2) is 24.3 Å². The van der Waals surface area contributed by atoms with Crippen molar-refractivity contribution in [2.24, 2.45) is 0 Å². The van der Waals surface area contributed by atoms with E-state index < -0.39 is 10.9 Å². The van der Waals surface area contributed by atoms with Crippen LogP contribution < -0.4 is 0 Å². The number of nitrogens with zero attached hydrogens (tertiary/aromatic N) is 2. The topological polar surface area (TPSA) is 83.7 Å². The van der Waals surface area contributed by atoms with Gasteiger partial charge < -0.3 is 5.11 Å². The Labute approximate surface area is 105 Å². The molecule has 1 unspecified atom stereocenters. The molecule has 1 N–H and O–H groups in total. The first-order valence-electron chi connectivity index (χ1n) is 5.59. The van der Waals surface area contributed by atoms with Crippen molar-refractivity contribution < 1.29 is 14.8 Å². The molecule has 0 fully saturated rings. The Kier molecular flexibility index (Phi) is 4.79. The van der Waals surface area contributed by atoms with Gasteiger partial charge in [-0.05, 0) is 14.0 Å².